The molecule has 1 amide bonds. The van der Waals surface area contributed by atoms with Crippen LogP contribution in [0.2, 0.25) is 0 Å². The van der Waals surface area contributed by atoms with Gasteiger partial charge in [-0.25, -0.2) is 4.85 Å². The van der Waals surface area contributed by atoms with Crippen LogP contribution in [0.5, 0.6) is 6.01 Å². The quantitative estimate of drug-likeness (QED) is 0.537. The van der Waals surface area contributed by atoms with E-state index in [4.69, 9.17) is 22.0 Å². The fourth-order valence-electron chi connectivity index (χ4n) is 5.03. The van der Waals surface area contributed by atoms with E-state index in [0.717, 1.165) is 52.0 Å². The highest BCUT2D eigenvalue weighted by atomic mass is 16.5. The van der Waals surface area contributed by atoms with Crippen LogP contribution >= 0.6 is 0 Å². The molecule has 0 radical (unpaired) electrons. The van der Waals surface area contributed by atoms with Crippen LogP contribution in [-0.2, 0) is 0 Å². The van der Waals surface area contributed by atoms with Gasteiger partial charge in [0.05, 0.1) is 6.57 Å². The zero-order valence-corrected chi connectivity index (χ0v) is 19.4. The minimum Gasteiger partial charge on any atom is -0.462 e. The maximum atomic E-state index is 11.6. The smallest absolute Gasteiger partial charge is 0.317 e. The Hall–Kier alpha value is -3.42. The Bertz CT molecular complexity index is 1130. The molecule has 10 heteroatoms. The summed E-state index contributed by atoms with van der Waals surface area (Å²) in [4.78, 5) is 29.2. The molecule has 0 saturated carbocycles. The van der Waals surface area contributed by atoms with Crippen LogP contribution in [0.25, 0.3) is 4.85 Å². The number of carbonyl (C=O) groups is 1. The number of primary amides is 1. The van der Waals surface area contributed by atoms with Gasteiger partial charge < -0.3 is 30.9 Å². The van der Waals surface area contributed by atoms with Gasteiger partial charge in [0.2, 0.25) is 5.91 Å². The first-order valence-electron chi connectivity index (χ1n) is 11.7. The molecular formula is C24H30N8O2. The molecule has 1 spiro atoms. The molecule has 10 nitrogen and oxygen atoms in total. The number of nitrogens with one attached hydrogen (secondary N) is 2. The Labute approximate surface area is 199 Å². The number of likely N-dealkylation sites (tertiary alicyclic amines) is 1. The van der Waals surface area contributed by atoms with Gasteiger partial charge in [0.15, 0.2) is 0 Å². The number of hydrogen-bond acceptors (Lipinski definition) is 8. The number of likely N-dealkylation sites (N-methyl/N-ethyl adjacent to an activating group) is 1. The van der Waals surface area contributed by atoms with Crippen molar-refractivity contribution in [3.63, 3.8) is 0 Å². The van der Waals surface area contributed by atoms with Crippen LogP contribution in [0.4, 0.5) is 23.0 Å². The number of rotatable bonds is 7. The van der Waals surface area contributed by atoms with E-state index in [1.165, 1.54) is 0 Å². The van der Waals surface area contributed by atoms with E-state index < -0.39 is 5.91 Å². The number of carbonyl (C=O) groups excluding carboxylic acids is 1. The van der Waals surface area contributed by atoms with Gasteiger partial charge in [-0.05, 0) is 51.1 Å². The third kappa shape index (κ3) is 4.36. The molecule has 178 valence electrons. The monoisotopic (exact) mass is 462 g/mol. The zero-order chi connectivity index (χ0) is 23.7. The summed E-state index contributed by atoms with van der Waals surface area (Å²) in [5.41, 5.74) is 7.04. The van der Waals surface area contributed by atoms with Crippen LogP contribution < -0.4 is 26.0 Å². The molecule has 1 aromatic carbocycles. The van der Waals surface area contributed by atoms with Gasteiger partial charge in [0.25, 0.3) is 5.69 Å². The first-order valence-corrected chi connectivity index (χ1v) is 11.7. The predicted molar refractivity (Wildman–Crippen MR) is 130 cm³/mol. The van der Waals surface area contributed by atoms with Crippen molar-refractivity contribution in [1.82, 2.24) is 20.2 Å². The molecule has 5 rings (SSSR count). The zero-order valence-electron chi connectivity index (χ0n) is 19.4. The largest absolute Gasteiger partial charge is 0.462 e. The maximum absolute atomic E-state index is 11.6. The van der Waals surface area contributed by atoms with Crippen molar-refractivity contribution >= 4 is 28.9 Å². The maximum Gasteiger partial charge on any atom is 0.317 e. The molecule has 0 aliphatic carbocycles. The van der Waals surface area contributed by atoms with E-state index in [2.05, 4.69) is 37.3 Å². The van der Waals surface area contributed by atoms with E-state index >= 15 is 0 Å². The molecule has 1 aromatic heterocycles. The summed E-state index contributed by atoms with van der Waals surface area (Å²) in [6.45, 7) is 13.1. The topological polar surface area (TPSA) is 113 Å². The lowest BCUT2D eigenvalue weighted by Crippen LogP contribution is -2.54. The standard InChI is InChI=1S/C24H30N8O2/c1-26-19-21(28-17-6-3-5-16(11-17)20(25)33)29-23(34-12-18-7-4-9-31(18)2)30-22(19)32-10-8-24(15-32)13-27-14-24/h3,5-6,11,18,27H,4,7-10,12-15H2,2H3,(H2,25,33)(H,28,29,30). The van der Waals surface area contributed by atoms with Gasteiger partial charge in [-0.3, -0.25) is 4.79 Å². The van der Waals surface area contributed by atoms with Gasteiger partial charge in [-0.15, -0.1) is 0 Å². The van der Waals surface area contributed by atoms with Crippen molar-refractivity contribution in [3.8, 4) is 6.01 Å². The highest BCUT2D eigenvalue weighted by Crippen LogP contribution is 2.42. The van der Waals surface area contributed by atoms with Gasteiger partial charge in [0, 0.05) is 48.9 Å². The third-order valence-corrected chi connectivity index (χ3v) is 7.18. The molecule has 3 saturated heterocycles. The minimum atomic E-state index is -0.515. The van der Waals surface area contributed by atoms with Gasteiger partial charge in [0.1, 0.15) is 18.2 Å². The second-order valence-electron chi connectivity index (χ2n) is 9.57. The number of amides is 1. The average molecular weight is 463 g/mol. The normalized spacial score (nSPS) is 21.3. The Morgan fingerprint density at radius 2 is 2.24 bits per heavy atom. The third-order valence-electron chi connectivity index (χ3n) is 7.18. The molecular weight excluding hydrogens is 432 g/mol. The number of anilines is 3. The number of hydrogen-bond donors (Lipinski definition) is 3. The van der Waals surface area contributed by atoms with E-state index in [1.54, 1.807) is 24.3 Å². The second kappa shape index (κ2) is 9.08. The first kappa shape index (κ1) is 22.4. The molecule has 1 unspecified atom stereocenters. The highest BCUT2D eigenvalue weighted by molar-refractivity contribution is 5.94. The van der Waals surface area contributed by atoms with Crippen LogP contribution in [-0.4, -0.2) is 73.2 Å². The Morgan fingerprint density at radius 3 is 2.88 bits per heavy atom. The molecule has 2 aromatic rings. The summed E-state index contributed by atoms with van der Waals surface area (Å²) >= 11 is 0. The SMILES string of the molecule is [C-]#[N+]c1c(Nc2cccc(C(N)=O)c2)nc(OCC2CCCN2C)nc1N1CCC2(CNC2)C1. The lowest BCUT2D eigenvalue weighted by atomic mass is 9.81. The average Bonchev–Trinajstić information content (AvgIpc) is 3.44. The number of aromatic nitrogens is 2. The Morgan fingerprint density at radius 1 is 1.38 bits per heavy atom. The van der Waals surface area contributed by atoms with Gasteiger partial charge >= 0.3 is 6.01 Å². The van der Waals surface area contributed by atoms with Crippen molar-refractivity contribution in [2.75, 3.05) is 56.6 Å². The fourth-order valence-corrected chi connectivity index (χ4v) is 5.03. The van der Waals surface area contributed by atoms with Gasteiger partial charge in [-0.2, -0.15) is 9.97 Å². The number of nitrogens with two attached hydrogens (primary N) is 1. The Kier molecular flexibility index (Phi) is 5.98. The molecule has 4 heterocycles. The van der Waals surface area contributed by atoms with E-state index in [9.17, 15) is 4.79 Å². The molecule has 3 aliphatic heterocycles. The summed E-state index contributed by atoms with van der Waals surface area (Å²) in [6, 6.07) is 7.43. The summed E-state index contributed by atoms with van der Waals surface area (Å²) in [6.07, 6.45) is 3.30. The predicted octanol–water partition coefficient (Wildman–Crippen LogP) is 2.14. The van der Waals surface area contributed by atoms with Crippen LogP contribution in [0.1, 0.15) is 29.6 Å². The first-order chi connectivity index (χ1) is 16.5. The molecule has 3 aliphatic rings. The number of ether oxygens (including phenoxy) is 1. The number of nitrogens with zero attached hydrogens (tertiary/aromatic N) is 5. The van der Waals surface area contributed by atoms with Crippen molar-refractivity contribution in [3.05, 3.63) is 41.2 Å². The van der Waals surface area contributed by atoms with Gasteiger partial charge in [-0.1, -0.05) is 6.07 Å². The van der Waals surface area contributed by atoms with Crippen molar-refractivity contribution < 1.29 is 9.53 Å². The molecule has 1 atom stereocenters. The second-order valence-corrected chi connectivity index (χ2v) is 9.57. The van der Waals surface area contributed by atoms with Crippen molar-refractivity contribution in [1.29, 1.82) is 0 Å². The van der Waals surface area contributed by atoms with E-state index in [-0.39, 0.29) is 11.4 Å². The van der Waals surface area contributed by atoms with Crippen LogP contribution in [0.15, 0.2) is 24.3 Å². The lowest BCUT2D eigenvalue weighted by molar-refractivity contribution is 0.100. The van der Waals surface area contributed by atoms with Crippen molar-refractivity contribution in [2.45, 2.75) is 25.3 Å². The van der Waals surface area contributed by atoms with E-state index in [1.807, 2.05) is 0 Å². The van der Waals surface area contributed by atoms with Crippen LogP contribution in [0.3, 0.4) is 0 Å². The number of benzene rings is 1. The molecule has 0 bridgehead atoms. The minimum absolute atomic E-state index is 0.251. The summed E-state index contributed by atoms with van der Waals surface area (Å²) in [5, 5.41) is 6.58. The summed E-state index contributed by atoms with van der Waals surface area (Å²) < 4.78 is 6.07. The lowest BCUT2D eigenvalue weighted by Gasteiger charge is -2.39. The molecule has 3 fully saturated rings. The van der Waals surface area contributed by atoms with E-state index in [0.29, 0.717) is 41.2 Å². The van der Waals surface area contributed by atoms with Crippen molar-refractivity contribution in [2.24, 2.45) is 11.1 Å². The van der Waals surface area contributed by atoms with Crippen LogP contribution in [0, 0.1) is 12.0 Å². The molecule has 34 heavy (non-hydrogen) atoms. The summed E-state index contributed by atoms with van der Waals surface area (Å²) in [5.74, 6) is 0.444. The fraction of sp³-hybridized carbons (Fsp3) is 0.500. The summed E-state index contributed by atoms with van der Waals surface area (Å²) in [7, 11) is 2.10. The Balaban J connectivity index is 1.47. The molecule has 4 N–H and O–H groups in total. The highest BCUT2D eigenvalue weighted by Gasteiger charge is 2.44.